The molecule has 1 unspecified atom stereocenters. The number of likely N-dealkylation sites (tertiary alicyclic amines) is 1. The number of hydrogen-bond donors (Lipinski definition) is 5. The maximum absolute atomic E-state index is 13.1. The first-order valence-electron chi connectivity index (χ1n) is 18.2. The summed E-state index contributed by atoms with van der Waals surface area (Å²) in [7, 11) is 0. The van der Waals surface area contributed by atoms with Crippen LogP contribution in [0.4, 0.5) is 0 Å². The van der Waals surface area contributed by atoms with Gasteiger partial charge < -0.3 is 31.3 Å². The number of rotatable bonds is 23. The molecule has 5 N–H and O–H groups in total. The fourth-order valence-electron chi connectivity index (χ4n) is 5.75. The lowest BCUT2D eigenvalue weighted by molar-refractivity contribution is -0.140. The van der Waals surface area contributed by atoms with Crippen LogP contribution in [0.25, 0.3) is 0 Å². The monoisotopic (exact) mass is 726 g/mol. The molecule has 286 valence electrons. The van der Waals surface area contributed by atoms with Crippen molar-refractivity contribution in [2.75, 3.05) is 32.9 Å². The van der Waals surface area contributed by atoms with Gasteiger partial charge in [-0.15, -0.1) is 0 Å². The number of imide groups is 1. The molecule has 15 nitrogen and oxygen atoms in total. The zero-order valence-electron chi connectivity index (χ0n) is 30.7. The molecule has 0 bridgehead atoms. The Morgan fingerprint density at radius 1 is 0.788 bits per heavy atom. The van der Waals surface area contributed by atoms with Gasteiger partial charge in [0.25, 0.3) is 0 Å². The summed E-state index contributed by atoms with van der Waals surface area (Å²) in [6, 6.07) is 7.89. The van der Waals surface area contributed by atoms with Crippen LogP contribution >= 0.6 is 0 Å². The van der Waals surface area contributed by atoms with E-state index >= 15 is 0 Å². The zero-order valence-corrected chi connectivity index (χ0v) is 30.7. The van der Waals surface area contributed by atoms with Gasteiger partial charge in [0.05, 0.1) is 19.6 Å². The van der Waals surface area contributed by atoms with Gasteiger partial charge in [0.15, 0.2) is 5.78 Å². The molecule has 0 aromatic heterocycles. The normalized spacial score (nSPS) is 16.7. The minimum absolute atomic E-state index is 0.0124. The summed E-state index contributed by atoms with van der Waals surface area (Å²) in [5, 5.41) is 12.6. The summed E-state index contributed by atoms with van der Waals surface area (Å²) in [5.41, 5.74) is 0.756. The largest absolute Gasteiger partial charge is 0.350 e. The smallest absolute Gasteiger partial charge is 0.243 e. The van der Waals surface area contributed by atoms with E-state index in [1.807, 2.05) is 19.9 Å². The second kappa shape index (κ2) is 21.0. The molecule has 1 aromatic rings. The molecular formula is C37H54N6O9. The number of Topliss-reactive ketones (excluding diaryl/α,β-unsaturated/α-hetero) is 1. The lowest BCUT2D eigenvalue weighted by atomic mass is 9.94. The minimum atomic E-state index is -1.06. The van der Waals surface area contributed by atoms with Gasteiger partial charge in [-0.25, -0.2) is 0 Å². The van der Waals surface area contributed by atoms with Crippen molar-refractivity contribution in [1.29, 1.82) is 0 Å². The number of ketones is 1. The van der Waals surface area contributed by atoms with Gasteiger partial charge in [-0.05, 0) is 43.1 Å². The molecule has 52 heavy (non-hydrogen) atoms. The average molecular weight is 727 g/mol. The van der Waals surface area contributed by atoms with E-state index in [-0.39, 0.29) is 86.3 Å². The van der Waals surface area contributed by atoms with Crippen molar-refractivity contribution in [2.24, 2.45) is 23.7 Å². The molecule has 2 fully saturated rings. The molecule has 0 radical (unpaired) electrons. The second-order valence-electron chi connectivity index (χ2n) is 14.1. The lowest BCUT2D eigenvalue weighted by Crippen LogP contribution is -2.52. The second-order valence-corrected chi connectivity index (χ2v) is 14.1. The average Bonchev–Trinajstić information content (AvgIpc) is 3.91. The van der Waals surface area contributed by atoms with Crippen molar-refractivity contribution >= 4 is 47.1 Å². The molecular weight excluding hydrogens is 672 g/mol. The maximum atomic E-state index is 13.1. The third kappa shape index (κ3) is 14.2. The highest BCUT2D eigenvalue weighted by Gasteiger charge is 2.40. The van der Waals surface area contributed by atoms with Crippen LogP contribution in [0.5, 0.6) is 0 Å². The van der Waals surface area contributed by atoms with Crippen molar-refractivity contribution < 1.29 is 43.1 Å². The Morgan fingerprint density at radius 2 is 1.42 bits per heavy atom. The lowest BCUT2D eigenvalue weighted by Gasteiger charge is -2.20. The topological polar surface area (TPSA) is 209 Å². The summed E-state index contributed by atoms with van der Waals surface area (Å²) in [5.74, 6) is -3.24. The van der Waals surface area contributed by atoms with Gasteiger partial charge in [0.1, 0.15) is 18.9 Å². The number of unbranched alkanes of at least 4 members (excludes halogenated alkanes) is 2. The number of carbonyl (C=O) groups excluding carboxylic acids is 8. The highest BCUT2D eigenvalue weighted by atomic mass is 16.5. The van der Waals surface area contributed by atoms with Crippen molar-refractivity contribution in [3.8, 4) is 0 Å². The van der Waals surface area contributed by atoms with Crippen LogP contribution in [0.15, 0.2) is 30.3 Å². The Labute approximate surface area is 305 Å². The van der Waals surface area contributed by atoms with Crippen LogP contribution in [-0.2, 0) is 49.5 Å². The van der Waals surface area contributed by atoms with Crippen LogP contribution < -0.4 is 26.6 Å². The minimum Gasteiger partial charge on any atom is -0.350 e. The van der Waals surface area contributed by atoms with Crippen LogP contribution in [0.1, 0.15) is 78.2 Å². The fourth-order valence-corrected chi connectivity index (χ4v) is 5.75. The molecule has 1 aromatic carbocycles. The van der Waals surface area contributed by atoms with Crippen LogP contribution in [0.3, 0.4) is 0 Å². The number of benzene rings is 1. The number of ether oxygens (including phenoxy) is 1. The molecule has 3 rings (SSSR count). The molecule has 1 saturated heterocycles. The third-order valence-electron chi connectivity index (χ3n) is 9.05. The molecule has 2 aliphatic rings. The van der Waals surface area contributed by atoms with Crippen LogP contribution in [-0.4, -0.2) is 97.1 Å². The van der Waals surface area contributed by atoms with E-state index in [1.165, 1.54) is 4.90 Å². The van der Waals surface area contributed by atoms with Gasteiger partial charge in [0.2, 0.25) is 41.4 Å². The fraction of sp³-hybridized carbons (Fsp3) is 0.622. The Morgan fingerprint density at radius 3 is 2.06 bits per heavy atom. The zero-order chi connectivity index (χ0) is 38.2. The SMILES string of the molecule is CC(C)C(=O)[C@@H](OCNC(=O)CNC(=O)[C@H](Cc1ccccc1)NC(=O)CNC(=O)CNC(=O)CCCCCN1C(=O)CC(C(C)C)C1=O)C1CC1. The molecule has 1 aliphatic heterocycles. The Hall–Kier alpha value is -4.66. The summed E-state index contributed by atoms with van der Waals surface area (Å²) in [6.07, 6.45) is 3.48. The Balaban J connectivity index is 1.35. The highest BCUT2D eigenvalue weighted by molar-refractivity contribution is 6.03. The van der Waals surface area contributed by atoms with Gasteiger partial charge in [-0.3, -0.25) is 43.3 Å². The summed E-state index contributed by atoms with van der Waals surface area (Å²) in [6.45, 7) is 6.41. The van der Waals surface area contributed by atoms with Gasteiger partial charge in [0, 0.05) is 37.6 Å². The van der Waals surface area contributed by atoms with E-state index < -0.39 is 42.3 Å². The standard InChI is InChI=1S/C37H54N6O9/c1-23(2)27-18-33(48)43(37(27)51)16-10-6-9-13-29(44)38-19-30(45)39-21-32(47)42-28(17-25-11-7-5-8-12-25)36(50)40-20-31(46)41-22-52-35(26-14-15-26)34(49)24(3)4/h5,7-8,11-12,23-24,26-28,35H,6,9-10,13-22H2,1-4H3,(H,38,44)(H,39,45)(H,40,50)(H,41,46)(H,42,47)/t27?,28-,35-/m0/s1. The van der Waals surface area contributed by atoms with E-state index in [0.717, 1.165) is 18.4 Å². The van der Waals surface area contributed by atoms with E-state index in [4.69, 9.17) is 4.74 Å². The number of nitrogens with one attached hydrogen (secondary N) is 5. The van der Waals surface area contributed by atoms with Crippen molar-refractivity contribution in [1.82, 2.24) is 31.5 Å². The number of carbonyl (C=O) groups is 8. The molecule has 1 aliphatic carbocycles. The Kier molecular flexibility index (Phi) is 16.9. The van der Waals surface area contributed by atoms with Gasteiger partial charge >= 0.3 is 0 Å². The number of nitrogens with zero attached hydrogens (tertiary/aromatic N) is 1. The van der Waals surface area contributed by atoms with E-state index in [1.54, 1.807) is 38.1 Å². The van der Waals surface area contributed by atoms with Crippen molar-refractivity contribution in [3.63, 3.8) is 0 Å². The van der Waals surface area contributed by atoms with Crippen molar-refractivity contribution in [2.45, 2.75) is 91.2 Å². The summed E-state index contributed by atoms with van der Waals surface area (Å²) < 4.78 is 5.65. The highest BCUT2D eigenvalue weighted by Crippen LogP contribution is 2.35. The summed E-state index contributed by atoms with van der Waals surface area (Å²) >= 11 is 0. The first-order valence-corrected chi connectivity index (χ1v) is 18.2. The summed E-state index contributed by atoms with van der Waals surface area (Å²) in [4.78, 5) is 101. The van der Waals surface area contributed by atoms with Crippen molar-refractivity contribution in [3.05, 3.63) is 35.9 Å². The van der Waals surface area contributed by atoms with E-state index in [2.05, 4.69) is 26.6 Å². The predicted molar refractivity (Wildman–Crippen MR) is 190 cm³/mol. The van der Waals surface area contributed by atoms with Gasteiger partial charge in [-0.2, -0.15) is 0 Å². The van der Waals surface area contributed by atoms with E-state index in [0.29, 0.717) is 25.8 Å². The quantitative estimate of drug-likeness (QED) is 0.0612. The Bertz CT molecular complexity index is 1430. The predicted octanol–water partition coefficient (Wildman–Crippen LogP) is 0.748. The third-order valence-corrected chi connectivity index (χ3v) is 9.05. The molecule has 0 spiro atoms. The molecule has 1 saturated carbocycles. The van der Waals surface area contributed by atoms with Crippen LogP contribution in [0, 0.1) is 23.7 Å². The number of amides is 7. The first kappa shape index (κ1) is 41.8. The molecule has 1 heterocycles. The maximum Gasteiger partial charge on any atom is 0.243 e. The van der Waals surface area contributed by atoms with Crippen LogP contribution in [0.2, 0.25) is 0 Å². The molecule has 15 heteroatoms. The first-order chi connectivity index (χ1) is 24.8. The molecule has 7 amide bonds. The number of hydrogen-bond acceptors (Lipinski definition) is 9. The van der Waals surface area contributed by atoms with Gasteiger partial charge in [-0.1, -0.05) is 64.4 Å². The molecule has 3 atom stereocenters. The van der Waals surface area contributed by atoms with E-state index in [9.17, 15) is 38.4 Å².